The lowest BCUT2D eigenvalue weighted by Crippen LogP contribution is -2.20. The summed E-state index contributed by atoms with van der Waals surface area (Å²) in [5, 5.41) is 21.9. The predicted octanol–water partition coefficient (Wildman–Crippen LogP) is 3.43. The van der Waals surface area contributed by atoms with Gasteiger partial charge in [0.2, 0.25) is 0 Å². The van der Waals surface area contributed by atoms with Crippen LogP contribution in [-0.2, 0) is 14.2 Å². The van der Waals surface area contributed by atoms with E-state index in [2.05, 4.69) is 0 Å². The smallest absolute Gasteiger partial charge is 0.269 e. The summed E-state index contributed by atoms with van der Waals surface area (Å²) in [5.74, 6) is 0. The van der Waals surface area contributed by atoms with Gasteiger partial charge >= 0.3 is 0 Å². The van der Waals surface area contributed by atoms with Crippen LogP contribution in [0.15, 0.2) is 48.5 Å². The van der Waals surface area contributed by atoms with Crippen LogP contribution >= 0.6 is 0 Å². The molecule has 0 aliphatic heterocycles. The van der Waals surface area contributed by atoms with Gasteiger partial charge in [0.05, 0.1) is 36.3 Å². The van der Waals surface area contributed by atoms with Gasteiger partial charge in [-0.25, -0.2) is 0 Å². The highest BCUT2D eigenvalue weighted by molar-refractivity contribution is 5.65. The van der Waals surface area contributed by atoms with Crippen LogP contribution in [0.5, 0.6) is 0 Å². The molecule has 0 aliphatic rings. The number of benzene rings is 2. The van der Waals surface area contributed by atoms with Gasteiger partial charge in [-0.1, -0.05) is 0 Å². The van der Waals surface area contributed by atoms with Crippen molar-refractivity contribution in [1.29, 1.82) is 0 Å². The van der Waals surface area contributed by atoms with E-state index in [-0.39, 0.29) is 11.4 Å². The normalized spacial score (nSPS) is 10.8. The summed E-state index contributed by atoms with van der Waals surface area (Å²) < 4.78 is 16.4. The first-order chi connectivity index (χ1) is 16.0. The maximum atomic E-state index is 10.9. The molecule has 0 atom stereocenters. The SMILES string of the molecule is NCCCOCCOCCOCCCN(c1ccc([N+](=O)[O-])cc1)c1ccc([N+](=O)[O-])cc1. The molecule has 0 aromatic heterocycles. The fourth-order valence-corrected chi connectivity index (χ4v) is 2.97. The molecule has 180 valence electrons. The number of nitrogens with zero attached hydrogens (tertiary/aromatic N) is 3. The van der Waals surface area contributed by atoms with E-state index < -0.39 is 9.85 Å². The molecule has 2 aromatic carbocycles. The second-order valence-electron chi connectivity index (χ2n) is 7.03. The zero-order valence-corrected chi connectivity index (χ0v) is 18.5. The third kappa shape index (κ3) is 9.49. The highest BCUT2D eigenvalue weighted by atomic mass is 16.6. The van der Waals surface area contributed by atoms with Crippen molar-refractivity contribution in [3.63, 3.8) is 0 Å². The number of hydrogen-bond donors (Lipinski definition) is 1. The standard InChI is InChI=1S/C22H30N4O7/c23-11-1-13-31-15-17-33-18-16-32-14-2-12-24(19-3-7-21(8-4-19)25(27)28)20-5-9-22(10-6-20)26(29)30/h3-10H,1-2,11-18,23H2. The number of ether oxygens (including phenoxy) is 3. The highest BCUT2D eigenvalue weighted by Crippen LogP contribution is 2.29. The Morgan fingerprint density at radius 3 is 1.45 bits per heavy atom. The van der Waals surface area contributed by atoms with Gasteiger partial charge in [0.1, 0.15) is 0 Å². The van der Waals surface area contributed by atoms with Crippen molar-refractivity contribution in [2.24, 2.45) is 5.73 Å². The zero-order chi connectivity index (χ0) is 23.9. The van der Waals surface area contributed by atoms with Gasteiger partial charge in [-0.05, 0) is 43.7 Å². The maximum Gasteiger partial charge on any atom is 0.269 e. The summed E-state index contributed by atoms with van der Waals surface area (Å²) in [6.45, 7) is 4.25. The number of nitro benzene ring substituents is 2. The van der Waals surface area contributed by atoms with Gasteiger partial charge < -0.3 is 24.8 Å². The van der Waals surface area contributed by atoms with Crippen molar-refractivity contribution in [3.05, 3.63) is 68.8 Å². The first-order valence-electron chi connectivity index (χ1n) is 10.7. The Morgan fingerprint density at radius 1 is 0.667 bits per heavy atom. The van der Waals surface area contributed by atoms with Gasteiger partial charge in [0, 0.05) is 55.4 Å². The van der Waals surface area contributed by atoms with Crippen molar-refractivity contribution in [3.8, 4) is 0 Å². The molecule has 2 rings (SSSR count). The maximum absolute atomic E-state index is 10.9. The Balaban J connectivity index is 1.82. The van der Waals surface area contributed by atoms with Gasteiger partial charge in [0.15, 0.2) is 0 Å². The second-order valence-corrected chi connectivity index (χ2v) is 7.03. The molecule has 0 saturated carbocycles. The molecule has 0 heterocycles. The van der Waals surface area contributed by atoms with Crippen LogP contribution in [0.25, 0.3) is 0 Å². The molecule has 0 spiro atoms. The quantitative estimate of drug-likeness (QED) is 0.212. The van der Waals surface area contributed by atoms with E-state index in [0.29, 0.717) is 59.2 Å². The Labute approximate surface area is 192 Å². The van der Waals surface area contributed by atoms with Gasteiger partial charge in [-0.3, -0.25) is 20.2 Å². The van der Waals surface area contributed by atoms with Crippen molar-refractivity contribution in [2.75, 3.05) is 57.6 Å². The van der Waals surface area contributed by atoms with E-state index in [1.165, 1.54) is 24.3 Å². The molecule has 0 radical (unpaired) electrons. The monoisotopic (exact) mass is 462 g/mol. The van der Waals surface area contributed by atoms with Crippen LogP contribution in [0.3, 0.4) is 0 Å². The van der Waals surface area contributed by atoms with Crippen molar-refractivity contribution < 1.29 is 24.1 Å². The molecule has 0 saturated heterocycles. The van der Waals surface area contributed by atoms with E-state index >= 15 is 0 Å². The third-order valence-electron chi connectivity index (χ3n) is 4.65. The van der Waals surface area contributed by atoms with Crippen molar-refractivity contribution >= 4 is 22.7 Å². The molecule has 0 unspecified atom stereocenters. The summed E-state index contributed by atoms with van der Waals surface area (Å²) in [7, 11) is 0. The van der Waals surface area contributed by atoms with Crippen LogP contribution < -0.4 is 10.6 Å². The minimum Gasteiger partial charge on any atom is -0.379 e. The minimum atomic E-state index is -0.456. The number of nitrogens with two attached hydrogens (primary N) is 1. The molecule has 0 aliphatic carbocycles. The fourth-order valence-electron chi connectivity index (χ4n) is 2.97. The van der Waals surface area contributed by atoms with Gasteiger partial charge in [-0.15, -0.1) is 0 Å². The molecule has 11 heteroatoms. The van der Waals surface area contributed by atoms with E-state index in [0.717, 1.165) is 17.8 Å². The molecule has 0 amide bonds. The molecule has 2 N–H and O–H groups in total. The first-order valence-corrected chi connectivity index (χ1v) is 10.7. The zero-order valence-electron chi connectivity index (χ0n) is 18.5. The molecule has 33 heavy (non-hydrogen) atoms. The van der Waals surface area contributed by atoms with Crippen LogP contribution in [0, 0.1) is 20.2 Å². The Morgan fingerprint density at radius 2 is 1.06 bits per heavy atom. The lowest BCUT2D eigenvalue weighted by molar-refractivity contribution is -0.385. The summed E-state index contributed by atoms with van der Waals surface area (Å²) >= 11 is 0. The minimum absolute atomic E-state index is 0.00415. The van der Waals surface area contributed by atoms with E-state index in [9.17, 15) is 20.2 Å². The van der Waals surface area contributed by atoms with Crippen LogP contribution in [0.2, 0.25) is 0 Å². The Bertz CT molecular complexity index is 789. The van der Waals surface area contributed by atoms with E-state index in [1.54, 1.807) is 24.3 Å². The lowest BCUT2D eigenvalue weighted by Gasteiger charge is -2.25. The summed E-state index contributed by atoms with van der Waals surface area (Å²) in [6, 6.07) is 12.4. The Kier molecular flexibility index (Phi) is 11.8. The largest absolute Gasteiger partial charge is 0.379 e. The highest BCUT2D eigenvalue weighted by Gasteiger charge is 2.13. The van der Waals surface area contributed by atoms with Crippen molar-refractivity contribution in [1.82, 2.24) is 0 Å². The first kappa shape index (κ1) is 26.1. The van der Waals surface area contributed by atoms with Crippen molar-refractivity contribution in [2.45, 2.75) is 12.8 Å². The summed E-state index contributed by atoms with van der Waals surface area (Å²) in [5.41, 5.74) is 6.87. The molecular formula is C22H30N4O7. The number of hydrogen-bond acceptors (Lipinski definition) is 9. The third-order valence-corrected chi connectivity index (χ3v) is 4.65. The molecule has 2 aromatic rings. The molecule has 0 fully saturated rings. The van der Waals surface area contributed by atoms with E-state index in [4.69, 9.17) is 19.9 Å². The summed E-state index contributed by atoms with van der Waals surface area (Å²) in [4.78, 5) is 22.9. The second kappa shape index (κ2) is 14.9. The summed E-state index contributed by atoms with van der Waals surface area (Å²) in [6.07, 6.45) is 1.51. The lowest BCUT2D eigenvalue weighted by atomic mass is 10.2. The Hall–Kier alpha value is -3.12. The number of non-ortho nitro benzene ring substituents is 2. The van der Waals surface area contributed by atoms with Crippen LogP contribution in [0.1, 0.15) is 12.8 Å². The topological polar surface area (TPSA) is 143 Å². The molecule has 11 nitrogen and oxygen atoms in total. The predicted molar refractivity (Wildman–Crippen MR) is 124 cm³/mol. The average molecular weight is 463 g/mol. The van der Waals surface area contributed by atoms with E-state index in [1.807, 2.05) is 4.90 Å². The fraction of sp³-hybridized carbons (Fsp3) is 0.455. The number of anilines is 2. The van der Waals surface area contributed by atoms with Crippen LogP contribution in [0.4, 0.5) is 22.7 Å². The van der Waals surface area contributed by atoms with Gasteiger partial charge in [0.25, 0.3) is 11.4 Å². The number of nitro groups is 2. The van der Waals surface area contributed by atoms with Crippen LogP contribution in [-0.4, -0.2) is 62.6 Å². The molecular weight excluding hydrogens is 432 g/mol. The number of rotatable bonds is 17. The molecule has 0 bridgehead atoms. The average Bonchev–Trinajstić information content (AvgIpc) is 2.82. The van der Waals surface area contributed by atoms with Gasteiger partial charge in [-0.2, -0.15) is 0 Å².